The lowest BCUT2D eigenvalue weighted by atomic mass is 10.1. The van der Waals surface area contributed by atoms with Crippen molar-refractivity contribution >= 4 is 17.5 Å². The summed E-state index contributed by atoms with van der Waals surface area (Å²) >= 11 is 0. The van der Waals surface area contributed by atoms with Crippen molar-refractivity contribution in [3.63, 3.8) is 0 Å². The van der Waals surface area contributed by atoms with E-state index in [4.69, 9.17) is 10.8 Å². The van der Waals surface area contributed by atoms with Crippen molar-refractivity contribution in [2.75, 3.05) is 13.6 Å². The molecule has 0 bridgehead atoms. The van der Waals surface area contributed by atoms with E-state index >= 15 is 0 Å². The van der Waals surface area contributed by atoms with E-state index in [0.29, 0.717) is 0 Å². The number of carbonyl (C=O) groups excluding carboxylic acids is 2. The zero-order valence-corrected chi connectivity index (χ0v) is 7.24. The molecule has 0 aliphatic heterocycles. The van der Waals surface area contributed by atoms with Crippen LogP contribution in [-0.2, 0) is 14.4 Å². The van der Waals surface area contributed by atoms with E-state index in [1.807, 2.05) is 0 Å². The van der Waals surface area contributed by atoms with Gasteiger partial charge in [-0.3, -0.25) is 14.4 Å². The van der Waals surface area contributed by atoms with Crippen LogP contribution in [0.25, 0.3) is 0 Å². The first kappa shape index (κ1) is 11.7. The molecule has 0 aromatic heterocycles. The number of nitrogens with one attached hydrogen (secondary N) is 1. The van der Waals surface area contributed by atoms with Crippen LogP contribution in [0.3, 0.4) is 0 Å². The molecule has 74 valence electrons. The average molecular weight is 188 g/mol. The molecule has 0 unspecified atom stereocenters. The molecule has 0 heterocycles. The van der Waals surface area contributed by atoms with Crippen LogP contribution < -0.4 is 11.1 Å². The van der Waals surface area contributed by atoms with Crippen LogP contribution in [0.5, 0.6) is 0 Å². The monoisotopic (exact) mass is 188 g/mol. The van der Waals surface area contributed by atoms with E-state index in [0.717, 1.165) is 0 Å². The van der Waals surface area contributed by atoms with E-state index in [1.165, 1.54) is 7.05 Å². The van der Waals surface area contributed by atoms with Gasteiger partial charge in [0.05, 0.1) is 19.0 Å². The number of ketones is 2. The fraction of sp³-hybridized carbons (Fsp3) is 0.571. The smallest absolute Gasteiger partial charge is 0.305 e. The summed E-state index contributed by atoms with van der Waals surface area (Å²) in [5.41, 5.74) is 5.17. The number of aliphatic carboxylic acids is 1. The highest BCUT2D eigenvalue weighted by molar-refractivity contribution is 6.40. The van der Waals surface area contributed by atoms with Crippen molar-refractivity contribution < 1.29 is 19.5 Å². The molecule has 0 aromatic carbocycles. The molecule has 0 aliphatic carbocycles. The van der Waals surface area contributed by atoms with Crippen molar-refractivity contribution in [3.05, 3.63) is 0 Å². The van der Waals surface area contributed by atoms with Crippen LogP contribution in [0.2, 0.25) is 0 Å². The van der Waals surface area contributed by atoms with Gasteiger partial charge < -0.3 is 16.2 Å². The maximum Gasteiger partial charge on any atom is 0.305 e. The maximum atomic E-state index is 11.0. The third-order valence-electron chi connectivity index (χ3n) is 1.34. The van der Waals surface area contributed by atoms with Gasteiger partial charge in [-0.2, -0.15) is 0 Å². The van der Waals surface area contributed by atoms with Gasteiger partial charge in [0.25, 0.3) is 0 Å². The molecule has 0 saturated carbocycles. The van der Waals surface area contributed by atoms with Crippen molar-refractivity contribution in [3.8, 4) is 0 Å². The van der Waals surface area contributed by atoms with Crippen molar-refractivity contribution in [1.82, 2.24) is 5.32 Å². The molecule has 6 heteroatoms. The normalized spacial score (nSPS) is 12.2. The van der Waals surface area contributed by atoms with Crippen LogP contribution in [0.15, 0.2) is 0 Å². The Morgan fingerprint density at radius 1 is 1.46 bits per heavy atom. The summed E-state index contributed by atoms with van der Waals surface area (Å²) in [4.78, 5) is 32.0. The van der Waals surface area contributed by atoms with Crippen LogP contribution in [0, 0.1) is 0 Å². The molecule has 0 aliphatic rings. The number of carboxylic acids is 1. The van der Waals surface area contributed by atoms with Gasteiger partial charge in [0.15, 0.2) is 0 Å². The molecule has 13 heavy (non-hydrogen) atoms. The summed E-state index contributed by atoms with van der Waals surface area (Å²) in [6, 6.07) is -1.24. The second-order valence-electron chi connectivity index (χ2n) is 2.52. The highest BCUT2D eigenvalue weighted by atomic mass is 16.4. The lowest BCUT2D eigenvalue weighted by molar-refractivity contribution is -0.141. The average Bonchev–Trinajstić information content (AvgIpc) is 2.02. The molecular formula is C7H12N2O4. The Labute approximate surface area is 75.1 Å². The maximum absolute atomic E-state index is 11.0. The molecule has 0 aromatic rings. The highest BCUT2D eigenvalue weighted by Crippen LogP contribution is 1.91. The van der Waals surface area contributed by atoms with Gasteiger partial charge in [-0.25, -0.2) is 0 Å². The number of carbonyl (C=O) groups is 3. The Bertz CT molecular complexity index is 227. The molecule has 0 amide bonds. The van der Waals surface area contributed by atoms with E-state index in [2.05, 4.69) is 5.32 Å². The molecule has 0 saturated heterocycles. The summed E-state index contributed by atoms with van der Waals surface area (Å²) < 4.78 is 0. The first-order chi connectivity index (χ1) is 5.99. The molecule has 6 nitrogen and oxygen atoms in total. The third-order valence-corrected chi connectivity index (χ3v) is 1.34. The Hall–Kier alpha value is -1.27. The van der Waals surface area contributed by atoms with Gasteiger partial charge in [0.2, 0.25) is 11.6 Å². The fourth-order valence-corrected chi connectivity index (χ4v) is 0.735. The minimum Gasteiger partial charge on any atom is -0.481 e. The third kappa shape index (κ3) is 4.34. The summed E-state index contributed by atoms with van der Waals surface area (Å²) in [5.74, 6) is -2.74. The summed E-state index contributed by atoms with van der Waals surface area (Å²) in [6.07, 6.45) is -0.520. The molecular weight excluding hydrogens is 176 g/mol. The Morgan fingerprint density at radius 2 is 2.00 bits per heavy atom. The first-order valence-electron chi connectivity index (χ1n) is 3.68. The second kappa shape index (κ2) is 5.39. The number of hydrogen-bond acceptors (Lipinski definition) is 5. The lowest BCUT2D eigenvalue weighted by Gasteiger charge is -2.05. The van der Waals surface area contributed by atoms with E-state index in [-0.39, 0.29) is 6.54 Å². The standard InChI is InChI=1S/C7H12N2O4/c1-9-3-5(10)7(13)4(8)2-6(11)12/h4,9H,2-3,8H2,1H3,(H,11,12)/t4-/m0/s1. The van der Waals surface area contributed by atoms with Crippen molar-refractivity contribution in [2.24, 2.45) is 5.73 Å². The number of rotatable bonds is 6. The first-order valence-corrected chi connectivity index (χ1v) is 3.68. The van der Waals surface area contributed by atoms with Gasteiger partial charge in [-0.05, 0) is 7.05 Å². The largest absolute Gasteiger partial charge is 0.481 e. The van der Waals surface area contributed by atoms with Gasteiger partial charge in [0.1, 0.15) is 0 Å². The second-order valence-corrected chi connectivity index (χ2v) is 2.52. The molecule has 4 N–H and O–H groups in total. The van der Waals surface area contributed by atoms with Crippen LogP contribution in [-0.4, -0.2) is 42.3 Å². The molecule has 0 spiro atoms. The highest BCUT2D eigenvalue weighted by Gasteiger charge is 2.22. The van der Waals surface area contributed by atoms with Gasteiger partial charge in [-0.15, -0.1) is 0 Å². The van der Waals surface area contributed by atoms with E-state index in [9.17, 15) is 14.4 Å². The van der Waals surface area contributed by atoms with Crippen LogP contribution in [0.4, 0.5) is 0 Å². The number of Topliss-reactive ketones (excluding diaryl/α,β-unsaturated/α-hetero) is 2. The van der Waals surface area contributed by atoms with Gasteiger partial charge in [-0.1, -0.05) is 0 Å². The van der Waals surface area contributed by atoms with Crippen molar-refractivity contribution in [2.45, 2.75) is 12.5 Å². The van der Waals surface area contributed by atoms with Gasteiger partial charge >= 0.3 is 5.97 Å². The van der Waals surface area contributed by atoms with E-state index < -0.39 is 30.0 Å². The molecule has 0 radical (unpaired) electrons. The lowest BCUT2D eigenvalue weighted by Crippen LogP contribution is -2.40. The Balaban J connectivity index is 4.09. The molecule has 1 atom stereocenters. The number of nitrogens with two attached hydrogens (primary N) is 1. The summed E-state index contributed by atoms with van der Waals surface area (Å²) in [6.45, 7) is -0.119. The number of carboxylic acid groups (broad SMARTS) is 1. The number of likely N-dealkylation sites (N-methyl/N-ethyl adjacent to an activating group) is 1. The zero-order chi connectivity index (χ0) is 10.4. The number of hydrogen-bond donors (Lipinski definition) is 3. The molecule has 0 rings (SSSR count). The van der Waals surface area contributed by atoms with Crippen LogP contribution >= 0.6 is 0 Å². The Morgan fingerprint density at radius 3 is 2.38 bits per heavy atom. The van der Waals surface area contributed by atoms with Crippen molar-refractivity contribution in [1.29, 1.82) is 0 Å². The zero-order valence-electron chi connectivity index (χ0n) is 7.24. The predicted octanol–water partition coefficient (Wildman–Crippen LogP) is -1.85. The van der Waals surface area contributed by atoms with Gasteiger partial charge in [0, 0.05) is 0 Å². The fourth-order valence-electron chi connectivity index (χ4n) is 0.735. The minimum absolute atomic E-state index is 0.119. The Kier molecular flexibility index (Phi) is 4.86. The summed E-state index contributed by atoms with van der Waals surface area (Å²) in [7, 11) is 1.51. The SMILES string of the molecule is CNCC(=O)C(=O)[C@@H](N)CC(=O)O. The predicted molar refractivity (Wildman–Crippen MR) is 44.2 cm³/mol. The summed E-state index contributed by atoms with van der Waals surface area (Å²) in [5, 5.41) is 10.8. The quantitative estimate of drug-likeness (QED) is 0.422. The minimum atomic E-state index is -1.24. The topological polar surface area (TPSA) is 109 Å². The molecule has 0 fully saturated rings. The van der Waals surface area contributed by atoms with Crippen LogP contribution in [0.1, 0.15) is 6.42 Å². The van der Waals surface area contributed by atoms with E-state index in [1.54, 1.807) is 0 Å².